The zero-order valence-electron chi connectivity index (χ0n) is 14.5. The van der Waals surface area contributed by atoms with Gasteiger partial charge in [-0.15, -0.1) is 0 Å². The van der Waals surface area contributed by atoms with Gasteiger partial charge in [0.15, 0.2) is 0 Å². The Bertz CT molecular complexity index is 818. The van der Waals surface area contributed by atoms with Crippen molar-refractivity contribution in [3.8, 4) is 5.75 Å². The lowest BCUT2D eigenvalue weighted by atomic mass is 10.1. The average molecular weight is 417 g/mol. The first-order valence-corrected chi connectivity index (χ1v) is 9.38. The molecule has 0 unspecified atom stereocenters. The Morgan fingerprint density at radius 3 is 2.65 bits per heavy atom. The number of carbonyl (C=O) groups excluding carboxylic acids is 2. The first-order valence-electron chi connectivity index (χ1n) is 8.59. The summed E-state index contributed by atoms with van der Waals surface area (Å²) in [6, 6.07) is 13.1. The molecule has 3 rings (SSSR count). The number of rotatable bonds is 7. The van der Waals surface area contributed by atoms with E-state index in [9.17, 15) is 9.59 Å². The minimum Gasteiger partial charge on any atom is -0.496 e. The number of hydrogen-bond donors (Lipinski definition) is 2. The summed E-state index contributed by atoms with van der Waals surface area (Å²) >= 11 is 3.45. The van der Waals surface area contributed by atoms with Crippen LogP contribution >= 0.6 is 15.9 Å². The lowest BCUT2D eigenvalue weighted by molar-refractivity contribution is -0.116. The number of ether oxygens (including phenoxy) is 1. The molecule has 0 aliphatic heterocycles. The van der Waals surface area contributed by atoms with Gasteiger partial charge in [-0.2, -0.15) is 0 Å². The van der Waals surface area contributed by atoms with Crippen LogP contribution in [-0.4, -0.2) is 25.0 Å². The third kappa shape index (κ3) is 4.85. The van der Waals surface area contributed by atoms with Gasteiger partial charge in [0.1, 0.15) is 5.75 Å². The molecule has 26 heavy (non-hydrogen) atoms. The van der Waals surface area contributed by atoms with Gasteiger partial charge in [-0.1, -0.05) is 18.2 Å². The van der Waals surface area contributed by atoms with E-state index < -0.39 is 0 Å². The number of aryl methyl sites for hydroxylation is 1. The molecule has 0 spiro atoms. The van der Waals surface area contributed by atoms with Crippen LogP contribution in [0.2, 0.25) is 0 Å². The molecule has 1 saturated carbocycles. The third-order valence-electron chi connectivity index (χ3n) is 4.22. The molecule has 1 aliphatic carbocycles. The van der Waals surface area contributed by atoms with Crippen molar-refractivity contribution < 1.29 is 14.3 Å². The number of para-hydroxylation sites is 1. The molecule has 2 N–H and O–H groups in total. The molecule has 1 aliphatic rings. The van der Waals surface area contributed by atoms with Crippen LogP contribution in [-0.2, 0) is 11.2 Å². The number of carbonyl (C=O) groups is 2. The summed E-state index contributed by atoms with van der Waals surface area (Å²) in [7, 11) is 1.62. The molecule has 0 aromatic heterocycles. The molecule has 0 bridgehead atoms. The molecule has 0 saturated heterocycles. The monoisotopic (exact) mass is 416 g/mol. The maximum absolute atomic E-state index is 12.3. The van der Waals surface area contributed by atoms with E-state index in [-0.39, 0.29) is 17.9 Å². The Hall–Kier alpha value is -2.34. The molecule has 2 aromatic carbocycles. The van der Waals surface area contributed by atoms with E-state index in [0.717, 1.165) is 28.6 Å². The largest absolute Gasteiger partial charge is 0.496 e. The highest BCUT2D eigenvalue weighted by Crippen LogP contribution is 2.26. The van der Waals surface area contributed by atoms with Crippen LogP contribution in [0.1, 0.15) is 35.2 Å². The molecule has 0 heterocycles. The fourth-order valence-corrected chi connectivity index (χ4v) is 3.20. The number of halogens is 1. The molecule has 1 fully saturated rings. The average Bonchev–Trinajstić information content (AvgIpc) is 3.44. The highest BCUT2D eigenvalue weighted by Gasteiger charge is 2.24. The lowest BCUT2D eigenvalue weighted by Crippen LogP contribution is -2.27. The number of benzene rings is 2. The predicted molar refractivity (Wildman–Crippen MR) is 105 cm³/mol. The van der Waals surface area contributed by atoms with Crippen molar-refractivity contribution in [2.24, 2.45) is 0 Å². The van der Waals surface area contributed by atoms with Crippen molar-refractivity contribution in [2.75, 3.05) is 12.4 Å². The minimum atomic E-state index is -0.137. The molecule has 5 nitrogen and oxygen atoms in total. The minimum absolute atomic E-state index is 0.122. The maximum Gasteiger partial charge on any atom is 0.253 e. The van der Waals surface area contributed by atoms with Gasteiger partial charge in [0, 0.05) is 12.5 Å². The second kappa shape index (κ2) is 8.36. The van der Waals surface area contributed by atoms with Gasteiger partial charge in [0.2, 0.25) is 5.91 Å². The molecule has 6 heteroatoms. The summed E-state index contributed by atoms with van der Waals surface area (Å²) in [5.41, 5.74) is 2.08. The Labute approximate surface area is 161 Å². The lowest BCUT2D eigenvalue weighted by Gasteiger charge is -2.11. The third-order valence-corrected chi connectivity index (χ3v) is 4.83. The standard InChI is InChI=1S/C20H21BrN2O3/c1-26-18-10-6-13(12-16(18)21)7-11-19(24)23-17-5-3-2-4-15(17)20(25)22-14-8-9-14/h2-6,10,12,14H,7-9,11H2,1H3,(H,22,25)(H,23,24). The van der Waals surface area contributed by atoms with Crippen molar-refractivity contribution in [3.05, 3.63) is 58.1 Å². The molecular weight excluding hydrogens is 396 g/mol. The van der Waals surface area contributed by atoms with Gasteiger partial charge in [-0.05, 0) is 65.0 Å². The highest BCUT2D eigenvalue weighted by atomic mass is 79.9. The number of amides is 2. The summed E-state index contributed by atoms with van der Waals surface area (Å²) in [6.07, 6.45) is 2.98. The first kappa shape index (κ1) is 18.5. The highest BCUT2D eigenvalue weighted by molar-refractivity contribution is 9.10. The smallest absolute Gasteiger partial charge is 0.253 e. The SMILES string of the molecule is COc1ccc(CCC(=O)Nc2ccccc2C(=O)NC2CC2)cc1Br. The van der Waals surface area contributed by atoms with Crippen LogP contribution in [0.5, 0.6) is 5.75 Å². The fraction of sp³-hybridized carbons (Fsp3) is 0.300. The van der Waals surface area contributed by atoms with Gasteiger partial charge in [-0.3, -0.25) is 9.59 Å². The van der Waals surface area contributed by atoms with E-state index in [4.69, 9.17) is 4.74 Å². The summed E-state index contributed by atoms with van der Waals surface area (Å²) in [6.45, 7) is 0. The van der Waals surface area contributed by atoms with Gasteiger partial charge in [0.05, 0.1) is 22.8 Å². The second-order valence-electron chi connectivity index (χ2n) is 6.31. The molecule has 2 amide bonds. The van der Waals surface area contributed by atoms with Gasteiger partial charge < -0.3 is 15.4 Å². The Morgan fingerprint density at radius 1 is 1.19 bits per heavy atom. The van der Waals surface area contributed by atoms with Crippen LogP contribution in [0.3, 0.4) is 0 Å². The predicted octanol–water partition coefficient (Wildman–Crippen LogP) is 3.92. The van der Waals surface area contributed by atoms with Gasteiger partial charge in [0.25, 0.3) is 5.91 Å². The molecule has 2 aromatic rings. The second-order valence-corrected chi connectivity index (χ2v) is 7.16. The van der Waals surface area contributed by atoms with Gasteiger partial charge in [-0.25, -0.2) is 0 Å². The zero-order valence-corrected chi connectivity index (χ0v) is 16.1. The molecule has 136 valence electrons. The summed E-state index contributed by atoms with van der Waals surface area (Å²) < 4.78 is 6.07. The van der Waals surface area contributed by atoms with Crippen LogP contribution in [0, 0.1) is 0 Å². The molecule has 0 radical (unpaired) electrons. The van der Waals surface area contributed by atoms with Crippen molar-refractivity contribution in [2.45, 2.75) is 31.7 Å². The van der Waals surface area contributed by atoms with E-state index >= 15 is 0 Å². The van der Waals surface area contributed by atoms with Crippen molar-refractivity contribution in [1.29, 1.82) is 0 Å². The number of methoxy groups -OCH3 is 1. The maximum atomic E-state index is 12.3. The van der Waals surface area contributed by atoms with Crippen LogP contribution in [0.4, 0.5) is 5.69 Å². The topological polar surface area (TPSA) is 67.4 Å². The van der Waals surface area contributed by atoms with E-state index in [1.54, 1.807) is 25.3 Å². The van der Waals surface area contributed by atoms with E-state index in [1.807, 2.05) is 24.3 Å². The quantitative estimate of drug-likeness (QED) is 0.718. The van der Waals surface area contributed by atoms with Crippen molar-refractivity contribution >= 4 is 33.4 Å². The van der Waals surface area contributed by atoms with E-state index in [1.165, 1.54) is 0 Å². The zero-order chi connectivity index (χ0) is 18.5. The Kier molecular flexibility index (Phi) is 5.93. The summed E-state index contributed by atoms with van der Waals surface area (Å²) in [4.78, 5) is 24.6. The Balaban J connectivity index is 1.59. The van der Waals surface area contributed by atoms with Crippen molar-refractivity contribution in [3.63, 3.8) is 0 Å². The van der Waals surface area contributed by atoms with Crippen LogP contribution in [0.25, 0.3) is 0 Å². The first-order chi connectivity index (χ1) is 12.6. The fourth-order valence-electron chi connectivity index (χ4n) is 2.62. The van der Waals surface area contributed by atoms with Gasteiger partial charge >= 0.3 is 0 Å². The Morgan fingerprint density at radius 2 is 1.96 bits per heavy atom. The summed E-state index contributed by atoms with van der Waals surface area (Å²) in [5, 5.41) is 5.81. The van der Waals surface area contributed by atoms with Crippen LogP contribution < -0.4 is 15.4 Å². The number of hydrogen-bond acceptors (Lipinski definition) is 3. The van der Waals surface area contributed by atoms with Crippen molar-refractivity contribution in [1.82, 2.24) is 5.32 Å². The van der Waals surface area contributed by atoms with Crippen LogP contribution in [0.15, 0.2) is 46.9 Å². The number of anilines is 1. The van der Waals surface area contributed by atoms with E-state index in [0.29, 0.717) is 24.1 Å². The molecular formula is C20H21BrN2O3. The van der Waals surface area contributed by atoms with E-state index in [2.05, 4.69) is 26.6 Å². The normalized spacial score (nSPS) is 13.2. The summed E-state index contributed by atoms with van der Waals surface area (Å²) in [5.74, 6) is 0.500. The number of nitrogens with one attached hydrogen (secondary N) is 2. The molecule has 0 atom stereocenters.